The zero-order valence-electron chi connectivity index (χ0n) is 10.6. The van der Waals surface area contributed by atoms with Gasteiger partial charge in [-0.2, -0.15) is 0 Å². The van der Waals surface area contributed by atoms with E-state index in [2.05, 4.69) is 21.1 Å². The number of rotatable bonds is 5. The summed E-state index contributed by atoms with van der Waals surface area (Å²) in [6.45, 7) is 1.81. The van der Waals surface area contributed by atoms with E-state index >= 15 is 0 Å². The highest BCUT2D eigenvalue weighted by Crippen LogP contribution is 2.24. The molecule has 0 fully saturated rings. The van der Waals surface area contributed by atoms with Crippen LogP contribution in [0.4, 0.5) is 0 Å². The highest BCUT2D eigenvalue weighted by Gasteiger charge is 2.25. The summed E-state index contributed by atoms with van der Waals surface area (Å²) in [7, 11) is -2.16. The first-order valence-corrected chi connectivity index (χ1v) is 7.72. The van der Waals surface area contributed by atoms with E-state index in [4.69, 9.17) is 10.9 Å². The summed E-state index contributed by atoms with van der Waals surface area (Å²) in [6, 6.07) is 6.57. The van der Waals surface area contributed by atoms with Crippen LogP contribution >= 0.6 is 15.9 Å². The molecule has 1 aromatic rings. The van der Waals surface area contributed by atoms with Gasteiger partial charge in [0.05, 0.1) is 4.90 Å². The summed E-state index contributed by atoms with van der Waals surface area (Å²) >= 11 is 3.21. The molecule has 0 amide bonds. The van der Waals surface area contributed by atoms with Crippen LogP contribution in [0.3, 0.4) is 0 Å². The van der Waals surface area contributed by atoms with Crippen molar-refractivity contribution in [3.8, 4) is 0 Å². The number of hydrogen-bond donors (Lipinski definition) is 2. The van der Waals surface area contributed by atoms with Gasteiger partial charge in [-0.15, -0.1) is 0 Å². The molecule has 0 saturated heterocycles. The normalized spacial score (nSPS) is 14.6. The molecule has 1 aromatic carbocycles. The average molecular weight is 350 g/mol. The number of oxime groups is 1. The number of benzene rings is 1. The van der Waals surface area contributed by atoms with Crippen molar-refractivity contribution in [1.82, 2.24) is 4.31 Å². The van der Waals surface area contributed by atoms with Crippen LogP contribution < -0.4 is 5.73 Å². The fourth-order valence-electron chi connectivity index (χ4n) is 1.50. The summed E-state index contributed by atoms with van der Waals surface area (Å²) in [6.07, 6.45) is 0. The minimum atomic E-state index is -3.61. The van der Waals surface area contributed by atoms with Gasteiger partial charge in [-0.3, -0.25) is 0 Å². The Bertz CT molecular complexity index is 574. The molecule has 8 heteroatoms. The van der Waals surface area contributed by atoms with Crippen molar-refractivity contribution in [2.45, 2.75) is 11.8 Å². The number of nitrogens with zero attached hydrogens (tertiary/aromatic N) is 2. The highest BCUT2D eigenvalue weighted by atomic mass is 79.9. The van der Waals surface area contributed by atoms with Crippen LogP contribution in [0.25, 0.3) is 0 Å². The highest BCUT2D eigenvalue weighted by molar-refractivity contribution is 9.10. The lowest BCUT2D eigenvalue weighted by atomic mass is 10.2. The maximum absolute atomic E-state index is 12.4. The van der Waals surface area contributed by atoms with Crippen molar-refractivity contribution in [3.05, 3.63) is 28.7 Å². The van der Waals surface area contributed by atoms with Gasteiger partial charge in [0.1, 0.15) is 5.84 Å². The zero-order valence-corrected chi connectivity index (χ0v) is 13.0. The Kier molecular flexibility index (Phi) is 5.33. The van der Waals surface area contributed by atoms with Crippen LogP contribution in [0.5, 0.6) is 0 Å². The van der Waals surface area contributed by atoms with Gasteiger partial charge in [-0.05, 0) is 28.1 Å². The number of halogens is 1. The second-order valence-electron chi connectivity index (χ2n) is 4.14. The van der Waals surface area contributed by atoms with Crippen molar-refractivity contribution < 1.29 is 13.6 Å². The zero-order chi connectivity index (χ0) is 14.6. The Balaban J connectivity index is 2.99. The molecule has 0 spiro atoms. The molecule has 1 atom stereocenters. The van der Waals surface area contributed by atoms with E-state index in [1.165, 1.54) is 17.4 Å². The Hall–Kier alpha value is -1.12. The molecule has 0 aliphatic carbocycles. The minimum Gasteiger partial charge on any atom is -0.409 e. The van der Waals surface area contributed by atoms with Crippen LogP contribution in [-0.4, -0.2) is 37.4 Å². The number of hydrogen-bond acceptors (Lipinski definition) is 4. The predicted octanol–water partition coefficient (Wildman–Crippen LogP) is 1.45. The first kappa shape index (κ1) is 15.9. The Morgan fingerprint density at radius 3 is 2.63 bits per heavy atom. The average Bonchev–Trinajstić information content (AvgIpc) is 2.37. The van der Waals surface area contributed by atoms with E-state index in [1.807, 2.05) is 0 Å². The topological polar surface area (TPSA) is 96.0 Å². The number of amidine groups is 1. The molecule has 0 aromatic heterocycles. The van der Waals surface area contributed by atoms with Gasteiger partial charge in [0.2, 0.25) is 10.0 Å². The quantitative estimate of drug-likeness (QED) is 0.364. The van der Waals surface area contributed by atoms with Crippen LogP contribution in [0.2, 0.25) is 0 Å². The number of sulfonamides is 1. The molecule has 0 aliphatic heterocycles. The molecule has 19 heavy (non-hydrogen) atoms. The lowest BCUT2D eigenvalue weighted by Gasteiger charge is -2.21. The molecule has 0 radical (unpaired) electrons. The Morgan fingerprint density at radius 2 is 2.11 bits per heavy atom. The Morgan fingerprint density at radius 1 is 1.53 bits per heavy atom. The standard InChI is InChI=1S/C11H16BrN3O3S/c1-8(11(13)14-16)7-15(2)19(17,18)10-6-4-3-5-9(10)12/h3-6,8,16H,7H2,1-2H3,(H2,13,14). The van der Waals surface area contributed by atoms with Gasteiger partial charge < -0.3 is 10.9 Å². The predicted molar refractivity (Wildman–Crippen MR) is 76.5 cm³/mol. The molecule has 0 bridgehead atoms. The summed E-state index contributed by atoms with van der Waals surface area (Å²) in [5.74, 6) is -0.388. The summed E-state index contributed by atoms with van der Waals surface area (Å²) < 4.78 is 26.4. The van der Waals surface area contributed by atoms with Gasteiger partial charge in [-0.25, -0.2) is 12.7 Å². The number of nitrogens with two attached hydrogens (primary N) is 1. The summed E-state index contributed by atoms with van der Waals surface area (Å²) in [5, 5.41) is 11.4. The van der Waals surface area contributed by atoms with Gasteiger partial charge in [-0.1, -0.05) is 24.2 Å². The molecule has 0 heterocycles. The minimum absolute atomic E-state index is 0.00539. The first-order chi connectivity index (χ1) is 8.80. The van der Waals surface area contributed by atoms with E-state index in [0.717, 1.165) is 0 Å². The van der Waals surface area contributed by atoms with Crippen molar-refractivity contribution in [3.63, 3.8) is 0 Å². The van der Waals surface area contributed by atoms with E-state index in [-0.39, 0.29) is 23.2 Å². The van der Waals surface area contributed by atoms with E-state index in [1.54, 1.807) is 25.1 Å². The monoisotopic (exact) mass is 349 g/mol. The molecule has 0 saturated carbocycles. The Labute approximate surface area is 121 Å². The van der Waals surface area contributed by atoms with E-state index in [9.17, 15) is 8.42 Å². The van der Waals surface area contributed by atoms with Crippen LogP contribution in [0.15, 0.2) is 38.8 Å². The van der Waals surface area contributed by atoms with Crippen molar-refractivity contribution >= 4 is 31.8 Å². The summed E-state index contributed by atoms with van der Waals surface area (Å²) in [5.41, 5.74) is 5.45. The molecule has 6 nitrogen and oxygen atoms in total. The van der Waals surface area contributed by atoms with Crippen molar-refractivity contribution in [2.75, 3.05) is 13.6 Å². The van der Waals surface area contributed by atoms with Crippen molar-refractivity contribution in [1.29, 1.82) is 0 Å². The fourth-order valence-corrected chi connectivity index (χ4v) is 3.72. The maximum atomic E-state index is 12.4. The second kappa shape index (κ2) is 6.36. The molecular formula is C11H16BrN3O3S. The SMILES string of the molecule is CC(CN(C)S(=O)(=O)c1ccccc1Br)/C(N)=N/O. The van der Waals surface area contributed by atoms with Gasteiger partial charge in [0, 0.05) is 24.0 Å². The van der Waals surface area contributed by atoms with Crippen LogP contribution in [0.1, 0.15) is 6.92 Å². The van der Waals surface area contributed by atoms with Crippen molar-refractivity contribution in [2.24, 2.45) is 16.8 Å². The molecular weight excluding hydrogens is 334 g/mol. The van der Waals surface area contributed by atoms with Gasteiger partial charge in [0.25, 0.3) is 0 Å². The largest absolute Gasteiger partial charge is 0.409 e. The second-order valence-corrected chi connectivity index (χ2v) is 7.01. The lowest BCUT2D eigenvalue weighted by molar-refractivity contribution is 0.312. The van der Waals surface area contributed by atoms with Gasteiger partial charge in [0.15, 0.2) is 0 Å². The molecule has 1 unspecified atom stereocenters. The third kappa shape index (κ3) is 3.68. The molecule has 3 N–H and O–H groups in total. The third-order valence-electron chi connectivity index (χ3n) is 2.68. The van der Waals surface area contributed by atoms with E-state index < -0.39 is 10.0 Å². The van der Waals surface area contributed by atoms with Crippen LogP contribution in [-0.2, 0) is 10.0 Å². The summed E-state index contributed by atoms with van der Waals surface area (Å²) in [4.78, 5) is 0.184. The van der Waals surface area contributed by atoms with Crippen LogP contribution in [0, 0.1) is 5.92 Å². The first-order valence-electron chi connectivity index (χ1n) is 5.49. The maximum Gasteiger partial charge on any atom is 0.243 e. The smallest absolute Gasteiger partial charge is 0.243 e. The van der Waals surface area contributed by atoms with E-state index in [0.29, 0.717) is 4.47 Å². The van der Waals surface area contributed by atoms with Gasteiger partial charge >= 0.3 is 0 Å². The molecule has 0 aliphatic rings. The molecule has 106 valence electrons. The molecule has 1 rings (SSSR count). The fraction of sp³-hybridized carbons (Fsp3) is 0.364. The lowest BCUT2D eigenvalue weighted by Crippen LogP contribution is -2.36. The third-order valence-corrected chi connectivity index (χ3v) is 5.51.